The normalized spacial score (nSPS) is 10.9. The van der Waals surface area contributed by atoms with Gasteiger partial charge in [0.25, 0.3) is 0 Å². The van der Waals surface area contributed by atoms with E-state index in [1.165, 1.54) is 44.9 Å². The molecule has 1 N–H and O–H groups in total. The summed E-state index contributed by atoms with van der Waals surface area (Å²) in [5.74, 6) is 0.239. The van der Waals surface area contributed by atoms with Crippen LogP contribution in [0.4, 0.5) is 0 Å². The Bertz CT molecular complexity index is 897. The molecule has 1 amide bonds. The maximum Gasteiger partial charge on any atom is 0.343 e. The average Bonchev–Trinajstić information content (AvgIpc) is 2.85. The van der Waals surface area contributed by atoms with Gasteiger partial charge in [-0.25, -0.2) is 10.2 Å². The van der Waals surface area contributed by atoms with Gasteiger partial charge in [-0.3, -0.25) is 4.79 Å². The minimum absolute atomic E-state index is 0.0855. The van der Waals surface area contributed by atoms with Crippen LogP contribution < -0.4 is 14.9 Å². The van der Waals surface area contributed by atoms with Crippen molar-refractivity contribution in [3.05, 3.63) is 59.7 Å². The lowest BCUT2D eigenvalue weighted by atomic mass is 10.1. The van der Waals surface area contributed by atoms with Gasteiger partial charge in [-0.15, -0.1) is 0 Å². The molecule has 6 heteroatoms. The summed E-state index contributed by atoms with van der Waals surface area (Å²) in [6.45, 7) is 4.51. The van der Waals surface area contributed by atoms with Gasteiger partial charge < -0.3 is 9.47 Å². The molecule has 6 nitrogen and oxygen atoms in total. The predicted molar refractivity (Wildman–Crippen MR) is 137 cm³/mol. The van der Waals surface area contributed by atoms with Crippen molar-refractivity contribution in [2.75, 3.05) is 6.61 Å². The van der Waals surface area contributed by atoms with E-state index in [2.05, 4.69) is 17.5 Å². The standard InChI is InChI=1S/C28H38N2O4/c1-3-5-6-7-8-9-10-11-15-18-27(31)30-29-22-23-19-20-25(26(21-23)33-4-2)34-28(32)24-16-13-12-14-17-24/h12-14,16-17,19-22H,3-11,15,18H2,1-2H3,(H,30,31)/b29-22-. The van der Waals surface area contributed by atoms with Crippen molar-refractivity contribution in [1.82, 2.24) is 5.43 Å². The van der Waals surface area contributed by atoms with Gasteiger partial charge in [0, 0.05) is 6.42 Å². The Hall–Kier alpha value is -3.15. The summed E-state index contributed by atoms with van der Waals surface area (Å²) >= 11 is 0. The Morgan fingerprint density at radius 1 is 0.853 bits per heavy atom. The van der Waals surface area contributed by atoms with E-state index >= 15 is 0 Å². The monoisotopic (exact) mass is 466 g/mol. The molecule has 0 unspecified atom stereocenters. The molecule has 184 valence electrons. The van der Waals surface area contributed by atoms with Crippen molar-refractivity contribution in [1.29, 1.82) is 0 Å². The fraction of sp³-hybridized carbons (Fsp3) is 0.464. The van der Waals surface area contributed by atoms with E-state index in [4.69, 9.17) is 9.47 Å². The van der Waals surface area contributed by atoms with Crippen molar-refractivity contribution in [2.45, 2.75) is 78.1 Å². The maximum atomic E-state index is 12.3. The SMILES string of the molecule is CCCCCCCCCCCC(=O)N/N=C\c1ccc(OC(=O)c2ccccc2)c(OCC)c1. The Labute approximate surface area is 203 Å². The van der Waals surface area contributed by atoms with Crippen molar-refractivity contribution in [3.8, 4) is 11.5 Å². The Balaban J connectivity index is 1.75. The van der Waals surface area contributed by atoms with E-state index in [-0.39, 0.29) is 5.91 Å². The molecule has 2 aromatic rings. The number of esters is 1. The molecule has 34 heavy (non-hydrogen) atoms. The summed E-state index contributed by atoms with van der Waals surface area (Å²) in [5, 5.41) is 4.05. The number of hydrogen-bond donors (Lipinski definition) is 1. The van der Waals surface area contributed by atoms with Gasteiger partial charge in [0.15, 0.2) is 11.5 Å². The van der Waals surface area contributed by atoms with Crippen LogP contribution in [0.2, 0.25) is 0 Å². The highest BCUT2D eigenvalue weighted by atomic mass is 16.6. The van der Waals surface area contributed by atoms with Crippen LogP contribution in [0.15, 0.2) is 53.6 Å². The van der Waals surface area contributed by atoms with Crippen molar-refractivity contribution >= 4 is 18.1 Å². The second-order valence-corrected chi connectivity index (χ2v) is 8.27. The first-order valence-corrected chi connectivity index (χ1v) is 12.5. The molecular weight excluding hydrogens is 428 g/mol. The van der Waals surface area contributed by atoms with E-state index < -0.39 is 5.97 Å². The number of ether oxygens (including phenoxy) is 2. The van der Waals surface area contributed by atoms with Crippen LogP contribution in [-0.4, -0.2) is 24.7 Å². The molecule has 2 aromatic carbocycles. The zero-order valence-electron chi connectivity index (χ0n) is 20.6. The zero-order valence-corrected chi connectivity index (χ0v) is 20.6. The van der Waals surface area contributed by atoms with Gasteiger partial charge in [0.05, 0.1) is 18.4 Å². The number of rotatable bonds is 16. The molecule has 2 rings (SSSR count). The number of hydrazone groups is 1. The van der Waals surface area contributed by atoms with Crippen LogP contribution in [-0.2, 0) is 4.79 Å². The molecule has 0 bridgehead atoms. The van der Waals surface area contributed by atoms with Crippen LogP contribution in [0.1, 0.15) is 94.0 Å². The fourth-order valence-corrected chi connectivity index (χ4v) is 3.52. The first-order chi connectivity index (χ1) is 16.6. The highest BCUT2D eigenvalue weighted by molar-refractivity contribution is 5.91. The van der Waals surface area contributed by atoms with E-state index in [1.54, 1.807) is 48.7 Å². The summed E-state index contributed by atoms with van der Waals surface area (Å²) < 4.78 is 11.1. The van der Waals surface area contributed by atoms with Gasteiger partial charge >= 0.3 is 5.97 Å². The Morgan fingerprint density at radius 2 is 1.53 bits per heavy atom. The third-order valence-electron chi connectivity index (χ3n) is 5.39. The minimum Gasteiger partial charge on any atom is -0.490 e. The topological polar surface area (TPSA) is 77.0 Å². The molecule has 0 atom stereocenters. The summed E-state index contributed by atoms with van der Waals surface area (Å²) in [6.07, 6.45) is 13.0. The molecule has 0 fully saturated rings. The lowest BCUT2D eigenvalue weighted by Gasteiger charge is -2.11. The number of unbranched alkanes of at least 4 members (excludes halogenated alkanes) is 8. The second-order valence-electron chi connectivity index (χ2n) is 8.27. The molecule has 0 spiro atoms. The van der Waals surface area contributed by atoms with Crippen LogP contribution >= 0.6 is 0 Å². The van der Waals surface area contributed by atoms with Crippen molar-refractivity contribution < 1.29 is 19.1 Å². The Kier molecular flexibility index (Phi) is 13.1. The predicted octanol–water partition coefficient (Wildman–Crippen LogP) is 6.68. The van der Waals surface area contributed by atoms with Gasteiger partial charge in [0.2, 0.25) is 5.91 Å². The lowest BCUT2D eigenvalue weighted by molar-refractivity contribution is -0.121. The quantitative estimate of drug-likeness (QED) is 0.0984. The van der Waals surface area contributed by atoms with E-state index in [0.29, 0.717) is 30.1 Å². The van der Waals surface area contributed by atoms with Gasteiger partial charge in [-0.2, -0.15) is 5.10 Å². The highest BCUT2D eigenvalue weighted by Gasteiger charge is 2.13. The lowest BCUT2D eigenvalue weighted by Crippen LogP contribution is -2.16. The first-order valence-electron chi connectivity index (χ1n) is 12.5. The maximum absolute atomic E-state index is 12.3. The molecule has 0 radical (unpaired) electrons. The molecular formula is C28H38N2O4. The number of amides is 1. The van der Waals surface area contributed by atoms with Crippen molar-refractivity contribution in [2.24, 2.45) is 5.10 Å². The third kappa shape index (κ3) is 10.6. The van der Waals surface area contributed by atoms with Crippen molar-refractivity contribution in [3.63, 3.8) is 0 Å². The largest absolute Gasteiger partial charge is 0.490 e. The van der Waals surface area contributed by atoms with E-state index in [0.717, 1.165) is 18.4 Å². The number of nitrogens with one attached hydrogen (secondary N) is 1. The summed E-state index contributed by atoms with van der Waals surface area (Å²) in [4.78, 5) is 24.4. The summed E-state index contributed by atoms with van der Waals surface area (Å²) in [5.41, 5.74) is 3.77. The van der Waals surface area contributed by atoms with Gasteiger partial charge in [-0.1, -0.05) is 76.5 Å². The molecule has 0 aliphatic rings. The number of nitrogens with zero attached hydrogens (tertiary/aromatic N) is 1. The van der Waals surface area contributed by atoms with E-state index in [9.17, 15) is 9.59 Å². The molecule has 0 aromatic heterocycles. The van der Waals surface area contributed by atoms with Crippen LogP contribution in [0, 0.1) is 0 Å². The summed E-state index contributed by atoms with van der Waals surface area (Å²) in [7, 11) is 0. The molecule has 0 aliphatic heterocycles. The smallest absolute Gasteiger partial charge is 0.343 e. The van der Waals surface area contributed by atoms with Gasteiger partial charge in [-0.05, 0) is 49.2 Å². The number of carbonyl (C=O) groups excluding carboxylic acids is 2. The van der Waals surface area contributed by atoms with Crippen LogP contribution in [0.3, 0.4) is 0 Å². The van der Waals surface area contributed by atoms with Crippen LogP contribution in [0.5, 0.6) is 11.5 Å². The number of hydrogen-bond acceptors (Lipinski definition) is 5. The zero-order chi connectivity index (χ0) is 24.4. The van der Waals surface area contributed by atoms with E-state index in [1.807, 2.05) is 13.0 Å². The molecule has 0 heterocycles. The molecule has 0 aliphatic carbocycles. The number of benzene rings is 2. The first kappa shape index (κ1) is 27.1. The Morgan fingerprint density at radius 3 is 2.21 bits per heavy atom. The highest BCUT2D eigenvalue weighted by Crippen LogP contribution is 2.29. The summed E-state index contributed by atoms with van der Waals surface area (Å²) in [6, 6.07) is 13.9. The molecule has 0 saturated heterocycles. The fourth-order valence-electron chi connectivity index (χ4n) is 3.52. The minimum atomic E-state index is -0.452. The second kappa shape index (κ2) is 16.5. The average molecular weight is 467 g/mol. The van der Waals surface area contributed by atoms with Gasteiger partial charge in [0.1, 0.15) is 0 Å². The third-order valence-corrected chi connectivity index (χ3v) is 5.39. The number of carbonyl (C=O) groups is 2. The van der Waals surface area contributed by atoms with Crippen LogP contribution in [0.25, 0.3) is 0 Å². The molecule has 0 saturated carbocycles.